The SMILES string of the molecule is CC(C)(C)CNc1cc(Cl)cc(C2(N)CC2)n1. The molecule has 2 rings (SSSR count). The second-order valence-electron chi connectivity index (χ2n) is 6.13. The number of nitrogens with one attached hydrogen (secondary N) is 1. The van der Waals surface area contributed by atoms with Gasteiger partial charge in [-0.1, -0.05) is 32.4 Å². The first-order chi connectivity index (χ1) is 7.78. The van der Waals surface area contributed by atoms with Crippen molar-refractivity contribution >= 4 is 17.4 Å². The number of rotatable bonds is 3. The quantitative estimate of drug-likeness (QED) is 0.870. The van der Waals surface area contributed by atoms with Crippen LogP contribution in [0.25, 0.3) is 0 Å². The van der Waals surface area contributed by atoms with Gasteiger partial charge in [0.15, 0.2) is 0 Å². The lowest BCUT2D eigenvalue weighted by Gasteiger charge is -2.20. The normalized spacial score (nSPS) is 17.9. The standard InChI is InChI=1S/C13H20ClN3/c1-12(2,3)8-16-11-7-9(14)6-10(17-11)13(15)4-5-13/h6-7H,4-5,8,15H2,1-3H3,(H,16,17). The fourth-order valence-corrected chi connectivity index (χ4v) is 1.80. The van der Waals surface area contributed by atoms with Crippen molar-refractivity contribution in [3.63, 3.8) is 0 Å². The molecule has 1 aromatic rings. The number of hydrogen-bond donors (Lipinski definition) is 2. The Bertz CT molecular complexity index is 419. The number of nitrogens with zero attached hydrogens (tertiary/aromatic N) is 1. The molecule has 0 amide bonds. The van der Waals surface area contributed by atoms with Crippen molar-refractivity contribution < 1.29 is 0 Å². The first-order valence-electron chi connectivity index (χ1n) is 5.99. The summed E-state index contributed by atoms with van der Waals surface area (Å²) in [5, 5.41) is 4.01. The largest absolute Gasteiger partial charge is 0.369 e. The number of halogens is 1. The molecule has 1 saturated carbocycles. The average molecular weight is 254 g/mol. The van der Waals surface area contributed by atoms with E-state index in [1.54, 1.807) is 0 Å². The molecule has 0 aliphatic heterocycles. The summed E-state index contributed by atoms with van der Waals surface area (Å²) in [6.45, 7) is 7.39. The van der Waals surface area contributed by atoms with Crippen LogP contribution in [0.5, 0.6) is 0 Å². The Morgan fingerprint density at radius 1 is 1.41 bits per heavy atom. The molecule has 94 valence electrons. The average Bonchev–Trinajstić information content (AvgIpc) is 2.93. The molecule has 0 radical (unpaired) electrons. The van der Waals surface area contributed by atoms with Gasteiger partial charge in [0.05, 0.1) is 11.2 Å². The molecule has 1 heterocycles. The van der Waals surface area contributed by atoms with Gasteiger partial charge in [0.1, 0.15) is 5.82 Å². The highest BCUT2D eigenvalue weighted by Crippen LogP contribution is 2.42. The van der Waals surface area contributed by atoms with Gasteiger partial charge in [-0.15, -0.1) is 0 Å². The highest BCUT2D eigenvalue weighted by atomic mass is 35.5. The van der Waals surface area contributed by atoms with Gasteiger partial charge in [0, 0.05) is 11.6 Å². The van der Waals surface area contributed by atoms with Gasteiger partial charge in [-0.3, -0.25) is 0 Å². The molecule has 3 N–H and O–H groups in total. The van der Waals surface area contributed by atoms with Gasteiger partial charge in [-0.25, -0.2) is 4.98 Å². The van der Waals surface area contributed by atoms with E-state index in [9.17, 15) is 0 Å². The van der Waals surface area contributed by atoms with E-state index in [2.05, 4.69) is 31.1 Å². The van der Waals surface area contributed by atoms with Crippen LogP contribution >= 0.6 is 11.6 Å². The van der Waals surface area contributed by atoms with Gasteiger partial charge in [-0.05, 0) is 30.4 Å². The highest BCUT2D eigenvalue weighted by Gasteiger charge is 2.41. The van der Waals surface area contributed by atoms with Crippen LogP contribution in [0.4, 0.5) is 5.82 Å². The fraction of sp³-hybridized carbons (Fsp3) is 0.615. The minimum absolute atomic E-state index is 0.212. The summed E-state index contributed by atoms with van der Waals surface area (Å²) in [7, 11) is 0. The van der Waals surface area contributed by atoms with Crippen LogP contribution in [0.1, 0.15) is 39.3 Å². The Balaban J connectivity index is 2.15. The maximum absolute atomic E-state index is 6.14. The third kappa shape index (κ3) is 3.33. The van der Waals surface area contributed by atoms with Gasteiger partial charge in [-0.2, -0.15) is 0 Å². The predicted molar refractivity (Wildman–Crippen MR) is 72.3 cm³/mol. The Hall–Kier alpha value is -0.800. The maximum atomic E-state index is 6.14. The predicted octanol–water partition coefficient (Wildman–Crippen LogP) is 3.14. The van der Waals surface area contributed by atoms with Crippen LogP contribution < -0.4 is 11.1 Å². The van der Waals surface area contributed by atoms with Crippen LogP contribution in [0.2, 0.25) is 5.02 Å². The molecule has 0 aromatic carbocycles. The first kappa shape index (κ1) is 12.7. The maximum Gasteiger partial charge on any atom is 0.127 e. The molecule has 17 heavy (non-hydrogen) atoms. The molecule has 1 aliphatic rings. The summed E-state index contributed by atoms with van der Waals surface area (Å²) in [5.41, 5.74) is 7.02. The highest BCUT2D eigenvalue weighted by molar-refractivity contribution is 6.30. The van der Waals surface area contributed by atoms with Crippen LogP contribution in [0.15, 0.2) is 12.1 Å². The summed E-state index contributed by atoms with van der Waals surface area (Å²) in [5.74, 6) is 0.819. The molecule has 0 unspecified atom stereocenters. The molecule has 1 aliphatic carbocycles. The van der Waals surface area contributed by atoms with Crippen LogP contribution in [0, 0.1) is 5.41 Å². The Kier molecular flexibility index (Phi) is 3.08. The Labute approximate surface area is 108 Å². The topological polar surface area (TPSA) is 50.9 Å². The molecular formula is C13H20ClN3. The van der Waals surface area contributed by atoms with E-state index in [0.717, 1.165) is 30.9 Å². The van der Waals surface area contributed by atoms with E-state index in [-0.39, 0.29) is 11.0 Å². The molecule has 0 saturated heterocycles. The number of anilines is 1. The van der Waals surface area contributed by atoms with Gasteiger partial charge in [0.25, 0.3) is 0 Å². The molecule has 3 nitrogen and oxygen atoms in total. The number of hydrogen-bond acceptors (Lipinski definition) is 3. The first-order valence-corrected chi connectivity index (χ1v) is 6.37. The zero-order valence-electron chi connectivity index (χ0n) is 10.7. The zero-order valence-corrected chi connectivity index (χ0v) is 11.4. The summed E-state index contributed by atoms with van der Waals surface area (Å²) in [6, 6.07) is 3.72. The van der Waals surface area contributed by atoms with Crippen molar-refractivity contribution in [3.05, 3.63) is 22.8 Å². The molecule has 1 fully saturated rings. The third-order valence-corrected chi connectivity index (χ3v) is 3.11. The van der Waals surface area contributed by atoms with Gasteiger partial charge in [0.2, 0.25) is 0 Å². The van der Waals surface area contributed by atoms with E-state index in [0.29, 0.717) is 5.02 Å². The van der Waals surface area contributed by atoms with Crippen molar-refractivity contribution in [2.24, 2.45) is 11.1 Å². The molecular weight excluding hydrogens is 234 g/mol. The van der Waals surface area contributed by atoms with E-state index < -0.39 is 0 Å². The molecule has 4 heteroatoms. The van der Waals surface area contributed by atoms with E-state index in [4.69, 9.17) is 17.3 Å². The van der Waals surface area contributed by atoms with Gasteiger partial charge >= 0.3 is 0 Å². The number of nitrogens with two attached hydrogens (primary N) is 1. The van der Waals surface area contributed by atoms with E-state index >= 15 is 0 Å². The van der Waals surface area contributed by atoms with E-state index in [1.807, 2.05) is 12.1 Å². The third-order valence-electron chi connectivity index (χ3n) is 2.89. The summed E-state index contributed by atoms with van der Waals surface area (Å²) in [4.78, 5) is 4.55. The minimum Gasteiger partial charge on any atom is -0.369 e. The summed E-state index contributed by atoms with van der Waals surface area (Å²) < 4.78 is 0. The lowest BCUT2D eigenvalue weighted by Crippen LogP contribution is -2.23. The monoisotopic (exact) mass is 253 g/mol. The lowest BCUT2D eigenvalue weighted by atomic mass is 9.97. The van der Waals surface area contributed by atoms with Crippen molar-refractivity contribution in [1.29, 1.82) is 0 Å². The van der Waals surface area contributed by atoms with Crippen molar-refractivity contribution in [2.45, 2.75) is 39.2 Å². The number of aromatic nitrogens is 1. The summed E-state index contributed by atoms with van der Waals surface area (Å²) in [6.07, 6.45) is 2.00. The zero-order chi connectivity index (χ0) is 12.7. The van der Waals surface area contributed by atoms with Crippen LogP contribution in [-0.2, 0) is 5.54 Å². The van der Waals surface area contributed by atoms with Crippen molar-refractivity contribution in [1.82, 2.24) is 4.98 Å². The van der Waals surface area contributed by atoms with Crippen molar-refractivity contribution in [3.8, 4) is 0 Å². The van der Waals surface area contributed by atoms with Crippen LogP contribution in [0.3, 0.4) is 0 Å². The molecule has 1 aromatic heterocycles. The fourth-order valence-electron chi connectivity index (χ4n) is 1.59. The van der Waals surface area contributed by atoms with Crippen LogP contribution in [-0.4, -0.2) is 11.5 Å². The second kappa shape index (κ2) is 4.14. The second-order valence-corrected chi connectivity index (χ2v) is 6.56. The molecule has 0 spiro atoms. The molecule has 0 atom stereocenters. The van der Waals surface area contributed by atoms with Gasteiger partial charge < -0.3 is 11.1 Å². The smallest absolute Gasteiger partial charge is 0.127 e. The lowest BCUT2D eigenvalue weighted by molar-refractivity contribution is 0.442. The van der Waals surface area contributed by atoms with E-state index in [1.165, 1.54) is 0 Å². The number of pyridine rings is 1. The molecule has 0 bridgehead atoms. The Morgan fingerprint density at radius 2 is 2.06 bits per heavy atom. The summed E-state index contributed by atoms with van der Waals surface area (Å²) >= 11 is 6.10. The van der Waals surface area contributed by atoms with Crippen molar-refractivity contribution in [2.75, 3.05) is 11.9 Å². The minimum atomic E-state index is -0.233. The Morgan fingerprint density at radius 3 is 2.59 bits per heavy atom.